The van der Waals surface area contributed by atoms with Crippen LogP contribution >= 0.6 is 0 Å². The predicted octanol–water partition coefficient (Wildman–Crippen LogP) is 2.31. The number of ether oxygens (including phenoxy) is 2. The first kappa shape index (κ1) is 16.6. The highest BCUT2D eigenvalue weighted by Crippen LogP contribution is 2.24. The van der Waals surface area contributed by atoms with E-state index < -0.39 is 0 Å². The Kier molecular flexibility index (Phi) is 4.21. The average Bonchev–Trinajstić information content (AvgIpc) is 3.38. The van der Waals surface area contributed by atoms with Crippen molar-refractivity contribution in [2.75, 3.05) is 31.2 Å². The highest BCUT2D eigenvalue weighted by atomic mass is 19.1. The molecule has 0 saturated carbocycles. The summed E-state index contributed by atoms with van der Waals surface area (Å²) in [5.74, 6) is 1.16. The number of hydrogen-bond acceptors (Lipinski definition) is 6. The van der Waals surface area contributed by atoms with Gasteiger partial charge in [-0.05, 0) is 49.2 Å². The van der Waals surface area contributed by atoms with Crippen LogP contribution in [0.5, 0.6) is 0 Å². The van der Waals surface area contributed by atoms with Gasteiger partial charge < -0.3 is 14.4 Å². The predicted molar refractivity (Wildman–Crippen MR) is 97.1 cm³/mol. The molecule has 7 nitrogen and oxygen atoms in total. The first-order valence-corrected chi connectivity index (χ1v) is 9.24. The van der Waals surface area contributed by atoms with E-state index in [1.165, 1.54) is 12.1 Å². The van der Waals surface area contributed by atoms with Gasteiger partial charge in [0.05, 0.1) is 12.7 Å². The summed E-state index contributed by atoms with van der Waals surface area (Å²) in [6, 6.07) is 10.0. The Morgan fingerprint density at radius 2 is 1.81 bits per heavy atom. The minimum atomic E-state index is -0.283. The van der Waals surface area contributed by atoms with E-state index in [4.69, 9.17) is 14.6 Å². The van der Waals surface area contributed by atoms with Crippen LogP contribution in [0.3, 0.4) is 0 Å². The first-order valence-electron chi connectivity index (χ1n) is 9.24. The first-order chi connectivity index (χ1) is 13.3. The fourth-order valence-corrected chi connectivity index (χ4v) is 3.73. The Hall–Kier alpha value is -2.58. The van der Waals surface area contributed by atoms with Crippen molar-refractivity contribution >= 4 is 11.5 Å². The summed E-state index contributed by atoms with van der Waals surface area (Å²) in [5.41, 5.74) is 1.43. The van der Waals surface area contributed by atoms with Gasteiger partial charge in [0.1, 0.15) is 17.7 Å². The molecule has 1 aromatic carbocycles. The summed E-state index contributed by atoms with van der Waals surface area (Å²) in [6.07, 6.45) is 2.37. The van der Waals surface area contributed by atoms with Crippen molar-refractivity contribution in [1.82, 2.24) is 19.8 Å². The maximum Gasteiger partial charge on any atom is 0.185 e. The van der Waals surface area contributed by atoms with Gasteiger partial charge in [-0.3, -0.25) is 0 Å². The molecule has 5 rings (SSSR count). The third-order valence-electron chi connectivity index (χ3n) is 5.15. The number of nitrogens with zero attached hydrogens (tertiary/aromatic N) is 5. The van der Waals surface area contributed by atoms with Crippen LogP contribution < -0.4 is 4.90 Å². The Morgan fingerprint density at radius 1 is 0.963 bits per heavy atom. The fraction of sp³-hybridized carbons (Fsp3) is 0.421. The maximum absolute atomic E-state index is 13.2. The van der Waals surface area contributed by atoms with E-state index in [-0.39, 0.29) is 18.0 Å². The molecule has 4 heterocycles. The Bertz CT molecular complexity index is 939. The quantitative estimate of drug-likeness (QED) is 0.706. The van der Waals surface area contributed by atoms with Gasteiger partial charge in [-0.25, -0.2) is 4.39 Å². The van der Waals surface area contributed by atoms with Gasteiger partial charge in [-0.15, -0.1) is 15.3 Å². The molecular formula is C19H20FN5O2. The van der Waals surface area contributed by atoms with Crippen LogP contribution in [0.1, 0.15) is 12.8 Å². The van der Waals surface area contributed by atoms with Crippen LogP contribution in [0.15, 0.2) is 36.4 Å². The van der Waals surface area contributed by atoms with Crippen LogP contribution in [-0.2, 0) is 9.47 Å². The van der Waals surface area contributed by atoms with E-state index in [1.54, 1.807) is 16.6 Å². The molecule has 2 saturated heterocycles. The highest BCUT2D eigenvalue weighted by molar-refractivity contribution is 5.59. The summed E-state index contributed by atoms with van der Waals surface area (Å²) < 4.78 is 26.7. The molecule has 0 amide bonds. The van der Waals surface area contributed by atoms with E-state index >= 15 is 0 Å². The molecule has 0 bridgehead atoms. The SMILES string of the molecule is Fc1ccc(-c2nnc3ccc(N4CCOC(C5CCCO5)C4)nn23)cc1. The zero-order valence-corrected chi connectivity index (χ0v) is 14.8. The van der Waals surface area contributed by atoms with Crippen molar-refractivity contribution in [2.45, 2.75) is 25.0 Å². The number of rotatable bonds is 3. The monoisotopic (exact) mass is 369 g/mol. The standard InChI is InChI=1S/C19H20FN5O2/c20-14-5-3-13(4-6-14)19-22-21-17-7-8-18(23-25(17)19)24-9-11-27-16(12-24)15-2-1-10-26-15/h3-8,15-16H,1-2,9-12H2. The van der Waals surface area contributed by atoms with Gasteiger partial charge in [-0.2, -0.15) is 4.52 Å². The number of benzene rings is 1. The molecule has 2 aromatic heterocycles. The lowest BCUT2D eigenvalue weighted by Crippen LogP contribution is -2.48. The number of halogens is 1. The van der Waals surface area contributed by atoms with Gasteiger partial charge in [0, 0.05) is 25.3 Å². The molecule has 27 heavy (non-hydrogen) atoms. The average molecular weight is 369 g/mol. The third kappa shape index (κ3) is 3.15. The minimum absolute atomic E-state index is 0.0660. The maximum atomic E-state index is 13.2. The normalized spacial score (nSPS) is 23.2. The molecule has 2 aliphatic heterocycles. The van der Waals surface area contributed by atoms with Gasteiger partial charge in [-0.1, -0.05) is 0 Å². The second kappa shape index (κ2) is 6.86. The second-order valence-electron chi connectivity index (χ2n) is 6.90. The zero-order chi connectivity index (χ0) is 18.2. The molecule has 2 unspecified atom stereocenters. The molecular weight excluding hydrogens is 349 g/mol. The van der Waals surface area contributed by atoms with E-state index in [0.717, 1.165) is 43.9 Å². The zero-order valence-electron chi connectivity index (χ0n) is 14.8. The Labute approximate surface area is 155 Å². The van der Waals surface area contributed by atoms with Crippen molar-refractivity contribution in [3.63, 3.8) is 0 Å². The summed E-state index contributed by atoms with van der Waals surface area (Å²) in [7, 11) is 0. The summed E-state index contributed by atoms with van der Waals surface area (Å²) in [4.78, 5) is 2.21. The molecule has 8 heteroatoms. The van der Waals surface area contributed by atoms with Crippen LogP contribution in [0.25, 0.3) is 17.0 Å². The topological polar surface area (TPSA) is 64.8 Å². The lowest BCUT2D eigenvalue weighted by molar-refractivity contribution is -0.0544. The van der Waals surface area contributed by atoms with Crippen molar-refractivity contribution in [3.8, 4) is 11.4 Å². The van der Waals surface area contributed by atoms with Crippen molar-refractivity contribution in [3.05, 3.63) is 42.2 Å². The van der Waals surface area contributed by atoms with Gasteiger partial charge >= 0.3 is 0 Å². The molecule has 0 N–H and O–H groups in total. The van der Waals surface area contributed by atoms with Gasteiger partial charge in [0.15, 0.2) is 11.5 Å². The molecule has 3 aromatic rings. The van der Waals surface area contributed by atoms with E-state index in [9.17, 15) is 4.39 Å². The molecule has 0 radical (unpaired) electrons. The molecule has 2 aliphatic rings. The second-order valence-corrected chi connectivity index (χ2v) is 6.90. The smallest absolute Gasteiger partial charge is 0.185 e. The molecule has 140 valence electrons. The number of anilines is 1. The lowest BCUT2D eigenvalue weighted by atomic mass is 10.1. The number of hydrogen-bond donors (Lipinski definition) is 0. The van der Waals surface area contributed by atoms with E-state index in [2.05, 4.69) is 15.1 Å². The third-order valence-corrected chi connectivity index (χ3v) is 5.15. The van der Waals surface area contributed by atoms with Crippen LogP contribution in [0.2, 0.25) is 0 Å². The minimum Gasteiger partial charge on any atom is -0.375 e. The molecule has 2 atom stereocenters. The lowest BCUT2D eigenvalue weighted by Gasteiger charge is -2.35. The van der Waals surface area contributed by atoms with Crippen molar-refractivity contribution in [2.24, 2.45) is 0 Å². The molecule has 2 fully saturated rings. The van der Waals surface area contributed by atoms with E-state index in [0.29, 0.717) is 18.1 Å². The van der Waals surface area contributed by atoms with Gasteiger partial charge in [0.25, 0.3) is 0 Å². The van der Waals surface area contributed by atoms with Crippen molar-refractivity contribution < 1.29 is 13.9 Å². The van der Waals surface area contributed by atoms with E-state index in [1.807, 2.05) is 12.1 Å². The Balaban J connectivity index is 1.45. The number of aromatic nitrogens is 4. The number of morpholine rings is 1. The number of fused-ring (bicyclic) bond motifs is 1. The Morgan fingerprint density at radius 3 is 2.63 bits per heavy atom. The largest absolute Gasteiger partial charge is 0.375 e. The molecule has 0 spiro atoms. The highest BCUT2D eigenvalue weighted by Gasteiger charge is 2.31. The summed E-state index contributed by atoms with van der Waals surface area (Å²) >= 11 is 0. The van der Waals surface area contributed by atoms with Crippen LogP contribution in [0.4, 0.5) is 10.2 Å². The van der Waals surface area contributed by atoms with Crippen LogP contribution in [0, 0.1) is 5.82 Å². The van der Waals surface area contributed by atoms with Crippen molar-refractivity contribution in [1.29, 1.82) is 0 Å². The van der Waals surface area contributed by atoms with Gasteiger partial charge in [0.2, 0.25) is 0 Å². The van der Waals surface area contributed by atoms with Crippen LogP contribution in [-0.4, -0.2) is 58.3 Å². The summed E-state index contributed by atoms with van der Waals surface area (Å²) in [6.45, 7) is 2.99. The molecule has 0 aliphatic carbocycles. The fourth-order valence-electron chi connectivity index (χ4n) is 3.73. The summed E-state index contributed by atoms with van der Waals surface area (Å²) in [5, 5.41) is 13.1.